The summed E-state index contributed by atoms with van der Waals surface area (Å²) in [5.41, 5.74) is -1.60. The molecule has 4 N–H and O–H groups in total. The molecule has 14 nitrogen and oxygen atoms in total. The molecular weight excluding hydrogens is 550 g/mol. The van der Waals surface area contributed by atoms with Crippen LogP contribution in [-0.4, -0.2) is 39.8 Å². The zero-order valence-electron chi connectivity index (χ0n) is 20.5. The molecule has 4 rings (SSSR count). The van der Waals surface area contributed by atoms with Gasteiger partial charge in [-0.3, -0.25) is 19.7 Å². The normalized spacial score (nSPS) is 10.9. The number of ether oxygens (including phenoxy) is 1. The van der Waals surface area contributed by atoms with E-state index in [2.05, 4.69) is 15.8 Å². The number of aromatic hydroxyl groups is 2. The molecule has 2 aromatic heterocycles. The predicted molar refractivity (Wildman–Crippen MR) is 135 cm³/mol. The van der Waals surface area contributed by atoms with Crippen molar-refractivity contribution in [3.05, 3.63) is 93.1 Å². The lowest BCUT2D eigenvalue weighted by Gasteiger charge is -2.11. The zero-order valence-corrected chi connectivity index (χ0v) is 21.3. The lowest BCUT2D eigenvalue weighted by atomic mass is 10.1. The first-order chi connectivity index (χ1) is 18.7. The van der Waals surface area contributed by atoms with Gasteiger partial charge in [0.1, 0.15) is 34.1 Å². The molecule has 0 aliphatic rings. The molecule has 40 heavy (non-hydrogen) atoms. The molecule has 2 aromatic carbocycles. The molecule has 0 saturated carbocycles. The summed E-state index contributed by atoms with van der Waals surface area (Å²) in [5.74, 6) is -2.71. The standard InChI is InChI=1S/C25H19N5O9.ClH/c1-38-15-6-8-17(18(12-15)30(36)37)26-24(34)22(28-27-20(32)13-29-9-3-2-4-10-29)21-23(33)16-7-5-14(31)11-19(16)39-25(21)35;/h2-12H,13H2,1H3,(H3-,26,27,28,31,32,33,34,35);1H. The number of nitro groups is 1. The Hall–Kier alpha value is -5.50. The molecule has 0 aliphatic carbocycles. The number of nitrogens with zero attached hydrogens (tertiary/aromatic N) is 3. The van der Waals surface area contributed by atoms with Crippen molar-refractivity contribution in [1.82, 2.24) is 5.43 Å². The molecule has 0 radical (unpaired) electrons. The summed E-state index contributed by atoms with van der Waals surface area (Å²) in [6.07, 6.45) is 3.22. The third kappa shape index (κ3) is 6.31. The number of carbonyl (C=O) groups is 2. The van der Waals surface area contributed by atoms with E-state index in [0.29, 0.717) is 0 Å². The Morgan fingerprint density at radius 3 is 2.52 bits per heavy atom. The van der Waals surface area contributed by atoms with E-state index >= 15 is 0 Å². The summed E-state index contributed by atoms with van der Waals surface area (Å²) in [6.45, 7) is -0.208. The van der Waals surface area contributed by atoms with Crippen LogP contribution in [0.2, 0.25) is 0 Å². The molecule has 0 unspecified atom stereocenters. The highest BCUT2D eigenvalue weighted by Crippen LogP contribution is 2.31. The fraction of sp³-hybridized carbons (Fsp3) is 0.0800. The number of aromatic nitrogens is 1. The number of benzene rings is 2. The highest BCUT2D eigenvalue weighted by Gasteiger charge is 2.28. The van der Waals surface area contributed by atoms with Gasteiger partial charge < -0.3 is 37.1 Å². The van der Waals surface area contributed by atoms with E-state index in [1.54, 1.807) is 30.6 Å². The largest absolute Gasteiger partial charge is 1.00 e. The Morgan fingerprint density at radius 1 is 1.12 bits per heavy atom. The number of methoxy groups -OCH3 is 1. The number of fused-ring (bicyclic) bond motifs is 1. The van der Waals surface area contributed by atoms with E-state index in [1.165, 1.54) is 35.9 Å². The number of hydrogen-bond donors (Lipinski definition) is 4. The first-order valence-corrected chi connectivity index (χ1v) is 11.1. The van der Waals surface area contributed by atoms with E-state index in [-0.39, 0.29) is 47.1 Å². The lowest BCUT2D eigenvalue weighted by molar-refractivity contribution is -0.684. The Morgan fingerprint density at radius 2 is 1.85 bits per heavy atom. The Labute approximate surface area is 230 Å². The lowest BCUT2D eigenvalue weighted by Crippen LogP contribution is -3.00. The van der Waals surface area contributed by atoms with Crippen molar-refractivity contribution in [2.24, 2.45) is 5.10 Å². The second-order valence-corrected chi connectivity index (χ2v) is 7.93. The van der Waals surface area contributed by atoms with E-state index in [4.69, 9.17) is 9.15 Å². The predicted octanol–water partition coefficient (Wildman–Crippen LogP) is -1.43. The van der Waals surface area contributed by atoms with Crippen LogP contribution in [0.25, 0.3) is 11.0 Å². The fourth-order valence-corrected chi connectivity index (χ4v) is 3.54. The Bertz CT molecular complexity index is 1690. The second-order valence-electron chi connectivity index (χ2n) is 7.93. The molecule has 0 spiro atoms. The molecule has 0 bridgehead atoms. The summed E-state index contributed by atoms with van der Waals surface area (Å²) in [6, 6.07) is 12.3. The van der Waals surface area contributed by atoms with Gasteiger partial charge in [-0.15, -0.1) is 0 Å². The minimum atomic E-state index is -1.23. The van der Waals surface area contributed by atoms with Crippen molar-refractivity contribution in [2.45, 2.75) is 6.54 Å². The summed E-state index contributed by atoms with van der Waals surface area (Å²) < 4.78 is 11.6. The summed E-state index contributed by atoms with van der Waals surface area (Å²) in [7, 11) is 1.31. The van der Waals surface area contributed by atoms with Crippen LogP contribution in [0.3, 0.4) is 0 Å². The van der Waals surface area contributed by atoms with Crippen LogP contribution in [0.1, 0.15) is 5.56 Å². The molecular formula is C25H20ClN5O9. The Kier molecular flexibility index (Phi) is 8.98. The number of amides is 2. The molecule has 0 atom stereocenters. The molecule has 0 fully saturated rings. The van der Waals surface area contributed by atoms with Crippen LogP contribution >= 0.6 is 0 Å². The van der Waals surface area contributed by atoms with Crippen molar-refractivity contribution in [3.8, 4) is 17.2 Å². The minimum absolute atomic E-state index is 0. The Balaban J connectivity index is 0.00000441. The van der Waals surface area contributed by atoms with Gasteiger partial charge in [-0.05, 0) is 24.3 Å². The SMILES string of the molecule is COc1ccc(NC(=O)/C(=N/NC(=O)C[n+]2ccccc2)c2c(O)c3ccc(O)cc3oc2=O)c([N+](=O)[O-])c1.[Cl-]. The van der Waals surface area contributed by atoms with Crippen LogP contribution < -0.4 is 38.1 Å². The minimum Gasteiger partial charge on any atom is -1.00 e. The van der Waals surface area contributed by atoms with Gasteiger partial charge in [-0.2, -0.15) is 9.67 Å². The molecule has 0 aliphatic heterocycles. The van der Waals surface area contributed by atoms with Crippen LogP contribution in [0, 0.1) is 10.1 Å². The van der Waals surface area contributed by atoms with Crippen molar-refractivity contribution in [1.29, 1.82) is 0 Å². The number of rotatable bonds is 8. The maximum Gasteiger partial charge on any atom is 0.349 e. The summed E-state index contributed by atoms with van der Waals surface area (Å²) in [4.78, 5) is 49.5. The number of pyridine rings is 1. The van der Waals surface area contributed by atoms with Gasteiger partial charge in [-0.1, -0.05) is 6.07 Å². The van der Waals surface area contributed by atoms with E-state index in [0.717, 1.165) is 12.1 Å². The highest BCUT2D eigenvalue weighted by molar-refractivity contribution is 6.49. The number of halogens is 1. The van der Waals surface area contributed by atoms with Crippen molar-refractivity contribution in [3.63, 3.8) is 0 Å². The topological polar surface area (TPSA) is 197 Å². The van der Waals surface area contributed by atoms with Gasteiger partial charge in [0.2, 0.25) is 6.54 Å². The van der Waals surface area contributed by atoms with Crippen molar-refractivity contribution < 1.29 is 50.9 Å². The van der Waals surface area contributed by atoms with Crippen LogP contribution in [0.4, 0.5) is 11.4 Å². The zero-order chi connectivity index (χ0) is 28.1. The molecule has 0 saturated heterocycles. The molecule has 206 valence electrons. The number of anilines is 1. The molecule has 15 heteroatoms. The van der Waals surface area contributed by atoms with Crippen LogP contribution in [0.15, 0.2) is 81.3 Å². The average Bonchev–Trinajstić information content (AvgIpc) is 2.90. The maximum absolute atomic E-state index is 13.3. The molecule has 4 aromatic rings. The number of nitrogens with one attached hydrogen (secondary N) is 2. The number of carbonyl (C=O) groups excluding carboxylic acids is 2. The smallest absolute Gasteiger partial charge is 0.349 e. The number of nitro benzene ring substituents is 1. The molecule has 2 heterocycles. The van der Waals surface area contributed by atoms with Gasteiger partial charge in [0.15, 0.2) is 18.1 Å². The van der Waals surface area contributed by atoms with Gasteiger partial charge in [0.25, 0.3) is 11.6 Å². The number of hydrazone groups is 1. The second kappa shape index (κ2) is 12.4. The van der Waals surface area contributed by atoms with E-state index < -0.39 is 45.1 Å². The van der Waals surface area contributed by atoms with Gasteiger partial charge in [0, 0.05) is 18.2 Å². The van der Waals surface area contributed by atoms with Crippen molar-refractivity contribution in [2.75, 3.05) is 12.4 Å². The first-order valence-electron chi connectivity index (χ1n) is 11.1. The monoisotopic (exact) mass is 569 g/mol. The number of hydrogen-bond acceptors (Lipinski definition) is 10. The molecule has 2 amide bonds. The average molecular weight is 570 g/mol. The van der Waals surface area contributed by atoms with Crippen LogP contribution in [-0.2, 0) is 16.1 Å². The van der Waals surface area contributed by atoms with E-state index in [9.17, 15) is 34.7 Å². The van der Waals surface area contributed by atoms with E-state index in [1.807, 2.05) is 0 Å². The number of phenolic OH excluding ortho intramolecular Hbond substituents is 1. The maximum atomic E-state index is 13.3. The highest BCUT2D eigenvalue weighted by atomic mass is 35.5. The number of phenols is 1. The quantitative estimate of drug-likeness (QED) is 0.0646. The summed E-state index contributed by atoms with van der Waals surface area (Å²) >= 11 is 0. The van der Waals surface area contributed by atoms with Gasteiger partial charge in [0.05, 0.1) is 23.5 Å². The first kappa shape index (κ1) is 29.1. The van der Waals surface area contributed by atoms with Gasteiger partial charge in [-0.25, -0.2) is 10.2 Å². The third-order valence-electron chi connectivity index (χ3n) is 5.36. The third-order valence-corrected chi connectivity index (χ3v) is 5.36. The fourth-order valence-electron chi connectivity index (χ4n) is 3.54. The van der Waals surface area contributed by atoms with Crippen molar-refractivity contribution >= 4 is 39.9 Å². The van der Waals surface area contributed by atoms with Crippen LogP contribution in [0.5, 0.6) is 17.2 Å². The van der Waals surface area contributed by atoms with Gasteiger partial charge >= 0.3 is 11.5 Å². The summed E-state index contributed by atoms with van der Waals surface area (Å²) in [5, 5.41) is 38.1.